The zero-order chi connectivity index (χ0) is 26.4. The van der Waals surface area contributed by atoms with E-state index >= 15 is 0 Å². The molecule has 0 fully saturated rings. The average Bonchev–Trinajstić information content (AvgIpc) is 3.49. The van der Waals surface area contributed by atoms with E-state index in [0.29, 0.717) is 16.3 Å². The maximum absolute atomic E-state index is 11.8. The molecule has 0 spiro atoms. The third-order valence-corrected chi connectivity index (χ3v) is 6.45. The molecule has 0 bridgehead atoms. The predicted molar refractivity (Wildman–Crippen MR) is 142 cm³/mol. The summed E-state index contributed by atoms with van der Waals surface area (Å²) in [6, 6.07) is 18.2. The van der Waals surface area contributed by atoms with Gasteiger partial charge >= 0.3 is 5.69 Å². The van der Waals surface area contributed by atoms with Crippen LogP contribution in [0.4, 0.5) is 11.4 Å². The van der Waals surface area contributed by atoms with Gasteiger partial charge in [-0.2, -0.15) is 5.10 Å². The highest BCUT2D eigenvalue weighted by atomic mass is 35.5. The summed E-state index contributed by atoms with van der Waals surface area (Å²) in [7, 11) is 0. The Kier molecular flexibility index (Phi) is 5.50. The Hall–Kier alpha value is -5.22. The van der Waals surface area contributed by atoms with Crippen molar-refractivity contribution in [3.8, 4) is 28.3 Å². The molecular formula is C27H15ClN6O4. The normalized spacial score (nSPS) is 11.7. The summed E-state index contributed by atoms with van der Waals surface area (Å²) in [6.07, 6.45) is 7.03. The van der Waals surface area contributed by atoms with E-state index in [9.17, 15) is 20.2 Å². The SMILES string of the molecule is O=[N+]([O-])c1ccc(-n2cc(C=C3c4cccnc4-c4ncccc43)c(-c3ccc(Cl)cc3)n2)c([N+](=O)[O-])c1. The number of nitro groups is 2. The molecule has 0 amide bonds. The van der Waals surface area contributed by atoms with Gasteiger partial charge in [-0.15, -0.1) is 0 Å². The third kappa shape index (κ3) is 3.89. The maximum Gasteiger partial charge on any atom is 0.301 e. The molecule has 184 valence electrons. The van der Waals surface area contributed by atoms with Crippen LogP contribution in [0, 0.1) is 20.2 Å². The van der Waals surface area contributed by atoms with Crippen molar-refractivity contribution in [2.45, 2.75) is 0 Å². The van der Waals surface area contributed by atoms with Crippen LogP contribution in [0.5, 0.6) is 0 Å². The molecule has 11 heteroatoms. The van der Waals surface area contributed by atoms with E-state index in [-0.39, 0.29) is 11.4 Å². The van der Waals surface area contributed by atoms with Crippen LogP contribution in [0.15, 0.2) is 85.3 Å². The summed E-state index contributed by atoms with van der Waals surface area (Å²) < 4.78 is 1.36. The first-order valence-corrected chi connectivity index (χ1v) is 11.7. The topological polar surface area (TPSA) is 130 Å². The summed E-state index contributed by atoms with van der Waals surface area (Å²) in [5.41, 5.74) is 5.43. The lowest BCUT2D eigenvalue weighted by Crippen LogP contribution is -2.02. The molecule has 2 aromatic carbocycles. The van der Waals surface area contributed by atoms with Crippen molar-refractivity contribution in [3.05, 3.63) is 127 Å². The van der Waals surface area contributed by atoms with Crippen LogP contribution >= 0.6 is 11.6 Å². The Bertz CT molecular complexity index is 1750. The van der Waals surface area contributed by atoms with Crippen LogP contribution in [0.2, 0.25) is 5.02 Å². The number of halogens is 1. The summed E-state index contributed by atoms with van der Waals surface area (Å²) in [4.78, 5) is 30.7. The van der Waals surface area contributed by atoms with Gasteiger partial charge in [0, 0.05) is 51.9 Å². The predicted octanol–water partition coefficient (Wildman–Crippen LogP) is 6.37. The zero-order valence-corrected chi connectivity index (χ0v) is 20.1. The van der Waals surface area contributed by atoms with Crippen LogP contribution in [0.1, 0.15) is 16.7 Å². The van der Waals surface area contributed by atoms with Crippen LogP contribution in [0.3, 0.4) is 0 Å². The van der Waals surface area contributed by atoms with Crippen LogP contribution < -0.4 is 0 Å². The number of pyridine rings is 2. The molecule has 6 rings (SSSR count). The van der Waals surface area contributed by atoms with Gasteiger partial charge in [-0.05, 0) is 42.0 Å². The first kappa shape index (κ1) is 23.2. The Labute approximate surface area is 219 Å². The average molecular weight is 523 g/mol. The van der Waals surface area contributed by atoms with Gasteiger partial charge < -0.3 is 0 Å². The molecule has 0 atom stereocenters. The summed E-state index contributed by atoms with van der Waals surface area (Å²) in [5.74, 6) is 0. The summed E-state index contributed by atoms with van der Waals surface area (Å²) in [5, 5.41) is 28.3. The number of hydrogen-bond acceptors (Lipinski definition) is 7. The van der Waals surface area contributed by atoms with Crippen molar-refractivity contribution in [3.63, 3.8) is 0 Å². The smallest absolute Gasteiger partial charge is 0.258 e. The standard InChI is InChI=1S/C27H15ClN6O4/c28-18-7-5-16(6-8-18)25-17(13-22-20-3-1-11-29-26(20)27-21(22)4-2-12-30-27)15-32(31-25)23-10-9-19(33(35)36)14-24(23)34(37)38/h1-15H. The van der Waals surface area contributed by atoms with Gasteiger partial charge in [0.1, 0.15) is 5.69 Å². The van der Waals surface area contributed by atoms with Crippen LogP contribution in [-0.2, 0) is 0 Å². The molecule has 0 N–H and O–H groups in total. The molecular weight excluding hydrogens is 508 g/mol. The van der Waals surface area contributed by atoms with Crippen molar-refractivity contribution in [2.75, 3.05) is 0 Å². The largest absolute Gasteiger partial charge is 0.301 e. The minimum absolute atomic E-state index is 0.0935. The Morgan fingerprint density at radius 1 is 0.816 bits per heavy atom. The molecule has 1 aliphatic rings. The molecule has 0 saturated carbocycles. The lowest BCUT2D eigenvalue weighted by atomic mass is 10.0. The van der Waals surface area contributed by atoms with Gasteiger partial charge in [-0.1, -0.05) is 35.9 Å². The fourth-order valence-electron chi connectivity index (χ4n) is 4.49. The number of hydrogen-bond donors (Lipinski definition) is 0. The van der Waals surface area contributed by atoms with Crippen molar-refractivity contribution < 1.29 is 9.85 Å². The quantitative estimate of drug-likeness (QED) is 0.190. The molecule has 5 aromatic rings. The van der Waals surface area contributed by atoms with Gasteiger partial charge in [0.05, 0.1) is 33.0 Å². The van der Waals surface area contributed by atoms with Gasteiger partial charge in [0.15, 0.2) is 0 Å². The molecule has 1 aliphatic carbocycles. The van der Waals surface area contributed by atoms with E-state index in [1.54, 1.807) is 42.9 Å². The van der Waals surface area contributed by atoms with Crippen molar-refractivity contribution in [1.82, 2.24) is 19.7 Å². The Morgan fingerprint density at radius 3 is 2.08 bits per heavy atom. The number of benzene rings is 2. The molecule has 0 unspecified atom stereocenters. The van der Waals surface area contributed by atoms with Gasteiger partial charge in [-0.3, -0.25) is 30.2 Å². The van der Waals surface area contributed by atoms with Crippen LogP contribution in [-0.4, -0.2) is 29.6 Å². The third-order valence-electron chi connectivity index (χ3n) is 6.19. The first-order chi connectivity index (χ1) is 18.4. The van der Waals surface area contributed by atoms with Crippen molar-refractivity contribution in [2.24, 2.45) is 0 Å². The number of aromatic nitrogens is 4. The number of nitro benzene ring substituents is 2. The molecule has 0 radical (unpaired) electrons. The Morgan fingerprint density at radius 2 is 1.47 bits per heavy atom. The van der Waals surface area contributed by atoms with Crippen LogP contribution in [0.25, 0.3) is 40.0 Å². The molecule has 10 nitrogen and oxygen atoms in total. The van der Waals surface area contributed by atoms with Gasteiger partial charge in [0.25, 0.3) is 5.69 Å². The van der Waals surface area contributed by atoms with Gasteiger partial charge in [0.2, 0.25) is 0 Å². The number of nitrogens with zero attached hydrogens (tertiary/aromatic N) is 6. The second kappa shape index (κ2) is 9.02. The number of non-ortho nitro benzene ring substituents is 1. The molecule has 0 aliphatic heterocycles. The maximum atomic E-state index is 11.8. The highest BCUT2D eigenvalue weighted by Gasteiger charge is 2.27. The highest BCUT2D eigenvalue weighted by Crippen LogP contribution is 2.43. The first-order valence-electron chi connectivity index (χ1n) is 11.3. The molecule has 3 heterocycles. The van der Waals surface area contributed by atoms with Crippen molar-refractivity contribution in [1.29, 1.82) is 0 Å². The monoisotopic (exact) mass is 522 g/mol. The number of fused-ring (bicyclic) bond motifs is 3. The summed E-state index contributed by atoms with van der Waals surface area (Å²) >= 11 is 6.10. The van der Waals surface area contributed by atoms with E-state index in [1.807, 2.05) is 30.3 Å². The second-order valence-electron chi connectivity index (χ2n) is 8.43. The Balaban J connectivity index is 1.59. The molecule has 0 saturated heterocycles. The van der Waals surface area contributed by atoms with E-state index < -0.39 is 15.5 Å². The minimum Gasteiger partial charge on any atom is -0.258 e. The lowest BCUT2D eigenvalue weighted by Gasteiger charge is -2.03. The molecule has 3 aromatic heterocycles. The zero-order valence-electron chi connectivity index (χ0n) is 19.4. The molecule has 38 heavy (non-hydrogen) atoms. The van der Waals surface area contributed by atoms with E-state index in [0.717, 1.165) is 39.7 Å². The lowest BCUT2D eigenvalue weighted by molar-refractivity contribution is -0.394. The minimum atomic E-state index is -0.675. The van der Waals surface area contributed by atoms with Gasteiger partial charge in [-0.25, -0.2) is 4.68 Å². The number of rotatable bonds is 5. The fraction of sp³-hybridized carbons (Fsp3) is 0. The fourth-order valence-corrected chi connectivity index (χ4v) is 4.62. The van der Waals surface area contributed by atoms with E-state index in [2.05, 4.69) is 15.1 Å². The van der Waals surface area contributed by atoms with Crippen molar-refractivity contribution >= 4 is 34.6 Å². The van der Waals surface area contributed by atoms with E-state index in [4.69, 9.17) is 11.6 Å². The second-order valence-corrected chi connectivity index (χ2v) is 8.87. The highest BCUT2D eigenvalue weighted by molar-refractivity contribution is 6.30. The van der Waals surface area contributed by atoms with E-state index in [1.165, 1.54) is 16.8 Å². The summed E-state index contributed by atoms with van der Waals surface area (Å²) in [6.45, 7) is 0.